The van der Waals surface area contributed by atoms with Gasteiger partial charge in [-0.2, -0.15) is 0 Å². The Balaban J connectivity index is 1.71. The van der Waals surface area contributed by atoms with Gasteiger partial charge in [-0.15, -0.1) is 5.10 Å². The van der Waals surface area contributed by atoms with Crippen molar-refractivity contribution in [3.63, 3.8) is 0 Å². The molecule has 0 aliphatic carbocycles. The van der Waals surface area contributed by atoms with Crippen molar-refractivity contribution in [2.45, 2.75) is 13.0 Å². The van der Waals surface area contributed by atoms with Crippen LogP contribution >= 0.6 is 0 Å². The molecular weight excluding hydrogens is 311 g/mol. The SMILES string of the molecule is O=C(NO)c1cccc(-c2cn(CCc3ccc(F)cc3)nn2)c1. The molecule has 2 N–H and O–H groups in total. The Bertz CT molecular complexity index is 846. The van der Waals surface area contributed by atoms with Crippen LogP contribution in [0.1, 0.15) is 15.9 Å². The van der Waals surface area contributed by atoms with Crippen molar-refractivity contribution in [3.8, 4) is 11.3 Å². The Hall–Kier alpha value is -3.06. The van der Waals surface area contributed by atoms with Crippen LogP contribution in [-0.4, -0.2) is 26.1 Å². The lowest BCUT2D eigenvalue weighted by Gasteiger charge is -2.02. The number of benzene rings is 2. The summed E-state index contributed by atoms with van der Waals surface area (Å²) in [4.78, 5) is 11.5. The number of nitrogens with one attached hydrogen (secondary N) is 1. The summed E-state index contributed by atoms with van der Waals surface area (Å²) < 4.78 is 14.6. The van der Waals surface area contributed by atoms with Crippen molar-refractivity contribution in [1.82, 2.24) is 20.5 Å². The molecule has 0 aliphatic rings. The van der Waals surface area contributed by atoms with Crippen molar-refractivity contribution in [1.29, 1.82) is 0 Å². The number of carbonyl (C=O) groups excluding carboxylic acids is 1. The van der Waals surface area contributed by atoms with Gasteiger partial charge in [-0.1, -0.05) is 29.5 Å². The van der Waals surface area contributed by atoms with E-state index in [1.165, 1.54) is 12.1 Å². The van der Waals surface area contributed by atoms with Crippen LogP contribution in [0.4, 0.5) is 4.39 Å². The molecule has 0 spiro atoms. The van der Waals surface area contributed by atoms with Gasteiger partial charge in [0.2, 0.25) is 0 Å². The van der Waals surface area contributed by atoms with E-state index >= 15 is 0 Å². The first kappa shape index (κ1) is 15.8. The predicted molar refractivity (Wildman–Crippen MR) is 84.8 cm³/mol. The fraction of sp³-hybridized carbons (Fsp3) is 0.118. The average Bonchev–Trinajstić information content (AvgIpc) is 3.10. The second-order valence-corrected chi connectivity index (χ2v) is 5.27. The molecule has 0 unspecified atom stereocenters. The maximum absolute atomic E-state index is 12.9. The minimum absolute atomic E-state index is 0.256. The number of aryl methyl sites for hydroxylation is 2. The normalized spacial score (nSPS) is 10.6. The molecule has 122 valence electrons. The third-order valence-corrected chi connectivity index (χ3v) is 3.60. The second kappa shape index (κ2) is 7.01. The maximum atomic E-state index is 12.9. The van der Waals surface area contributed by atoms with Crippen LogP contribution in [-0.2, 0) is 13.0 Å². The summed E-state index contributed by atoms with van der Waals surface area (Å²) in [7, 11) is 0. The minimum Gasteiger partial charge on any atom is -0.288 e. The number of nitrogens with zero attached hydrogens (tertiary/aromatic N) is 3. The lowest BCUT2D eigenvalue weighted by Crippen LogP contribution is -2.18. The average molecular weight is 326 g/mol. The Kier molecular flexibility index (Phi) is 4.62. The highest BCUT2D eigenvalue weighted by molar-refractivity contribution is 5.94. The van der Waals surface area contributed by atoms with E-state index in [0.29, 0.717) is 24.2 Å². The molecule has 1 aromatic heterocycles. The van der Waals surface area contributed by atoms with E-state index in [-0.39, 0.29) is 5.82 Å². The molecule has 6 nitrogen and oxygen atoms in total. The quantitative estimate of drug-likeness (QED) is 0.557. The molecule has 7 heteroatoms. The topological polar surface area (TPSA) is 80.0 Å². The lowest BCUT2D eigenvalue weighted by atomic mass is 10.1. The van der Waals surface area contributed by atoms with Gasteiger partial charge >= 0.3 is 0 Å². The summed E-state index contributed by atoms with van der Waals surface area (Å²) in [5.41, 5.74) is 4.29. The number of aromatic nitrogens is 3. The lowest BCUT2D eigenvalue weighted by molar-refractivity contribution is 0.0706. The van der Waals surface area contributed by atoms with Gasteiger partial charge in [0.1, 0.15) is 11.5 Å². The highest BCUT2D eigenvalue weighted by Crippen LogP contribution is 2.18. The van der Waals surface area contributed by atoms with Crippen molar-refractivity contribution in [3.05, 3.63) is 71.7 Å². The molecule has 1 heterocycles. The zero-order chi connectivity index (χ0) is 16.9. The van der Waals surface area contributed by atoms with Gasteiger partial charge in [0.15, 0.2) is 0 Å². The summed E-state index contributed by atoms with van der Waals surface area (Å²) in [5, 5.41) is 16.9. The number of hydrogen-bond acceptors (Lipinski definition) is 4. The smallest absolute Gasteiger partial charge is 0.274 e. The number of rotatable bonds is 5. The van der Waals surface area contributed by atoms with Crippen LogP contribution in [0.15, 0.2) is 54.7 Å². The van der Waals surface area contributed by atoms with Crippen molar-refractivity contribution < 1.29 is 14.4 Å². The number of carbonyl (C=O) groups is 1. The van der Waals surface area contributed by atoms with Crippen LogP contribution in [0.25, 0.3) is 11.3 Å². The zero-order valence-electron chi connectivity index (χ0n) is 12.7. The molecule has 3 aromatic rings. The molecule has 0 bridgehead atoms. The molecule has 0 atom stereocenters. The molecular formula is C17H15FN4O2. The number of hydrogen-bond donors (Lipinski definition) is 2. The Morgan fingerprint density at radius 1 is 1.21 bits per heavy atom. The first-order chi connectivity index (χ1) is 11.7. The van der Waals surface area contributed by atoms with E-state index in [1.54, 1.807) is 46.7 Å². The van der Waals surface area contributed by atoms with Gasteiger partial charge in [-0.3, -0.25) is 14.7 Å². The molecule has 24 heavy (non-hydrogen) atoms. The standard InChI is InChI=1S/C17H15FN4O2/c18-15-6-4-12(5-7-15)8-9-22-11-16(19-21-22)13-2-1-3-14(10-13)17(23)20-24/h1-7,10-11,24H,8-9H2,(H,20,23). The van der Waals surface area contributed by atoms with E-state index in [9.17, 15) is 9.18 Å². The van der Waals surface area contributed by atoms with Crippen molar-refractivity contribution >= 4 is 5.91 Å². The maximum Gasteiger partial charge on any atom is 0.274 e. The molecule has 0 radical (unpaired) electrons. The van der Waals surface area contributed by atoms with E-state index in [1.807, 2.05) is 6.07 Å². The summed E-state index contributed by atoms with van der Waals surface area (Å²) in [6.45, 7) is 0.607. The van der Waals surface area contributed by atoms with E-state index in [0.717, 1.165) is 11.1 Å². The summed E-state index contributed by atoms with van der Waals surface area (Å²) in [6.07, 6.45) is 2.48. The summed E-state index contributed by atoms with van der Waals surface area (Å²) >= 11 is 0. The Labute approximate surface area is 137 Å². The zero-order valence-corrected chi connectivity index (χ0v) is 12.7. The summed E-state index contributed by atoms with van der Waals surface area (Å²) in [6, 6.07) is 13.1. The van der Waals surface area contributed by atoms with Gasteiger partial charge in [0, 0.05) is 17.7 Å². The van der Waals surface area contributed by atoms with Crippen molar-refractivity contribution in [2.75, 3.05) is 0 Å². The first-order valence-electron chi connectivity index (χ1n) is 7.35. The third-order valence-electron chi connectivity index (χ3n) is 3.60. The van der Waals surface area contributed by atoms with Crippen LogP contribution in [0.2, 0.25) is 0 Å². The third kappa shape index (κ3) is 3.64. The molecule has 0 fully saturated rings. The second-order valence-electron chi connectivity index (χ2n) is 5.27. The summed E-state index contributed by atoms with van der Waals surface area (Å²) in [5.74, 6) is -0.839. The molecule has 3 rings (SSSR count). The first-order valence-corrected chi connectivity index (χ1v) is 7.35. The largest absolute Gasteiger partial charge is 0.288 e. The highest BCUT2D eigenvalue weighted by Gasteiger charge is 2.08. The van der Waals surface area contributed by atoms with E-state index < -0.39 is 5.91 Å². The van der Waals surface area contributed by atoms with Gasteiger partial charge in [-0.25, -0.2) is 9.87 Å². The van der Waals surface area contributed by atoms with Crippen LogP contribution < -0.4 is 5.48 Å². The van der Waals surface area contributed by atoms with Crippen LogP contribution in [0, 0.1) is 5.82 Å². The fourth-order valence-electron chi connectivity index (χ4n) is 2.32. The van der Waals surface area contributed by atoms with Gasteiger partial charge in [0.25, 0.3) is 5.91 Å². The number of halogens is 1. The van der Waals surface area contributed by atoms with Gasteiger partial charge < -0.3 is 0 Å². The molecule has 0 saturated carbocycles. The molecule has 1 amide bonds. The van der Waals surface area contributed by atoms with Crippen molar-refractivity contribution in [2.24, 2.45) is 0 Å². The molecule has 2 aromatic carbocycles. The van der Waals surface area contributed by atoms with Crippen LogP contribution in [0.5, 0.6) is 0 Å². The highest BCUT2D eigenvalue weighted by atomic mass is 19.1. The predicted octanol–water partition coefficient (Wildman–Crippen LogP) is 2.45. The Morgan fingerprint density at radius 3 is 2.75 bits per heavy atom. The minimum atomic E-state index is -0.583. The van der Waals surface area contributed by atoms with Crippen LogP contribution in [0.3, 0.4) is 0 Å². The van der Waals surface area contributed by atoms with E-state index in [4.69, 9.17) is 5.21 Å². The fourth-order valence-corrected chi connectivity index (χ4v) is 2.32. The number of amides is 1. The van der Waals surface area contributed by atoms with E-state index in [2.05, 4.69) is 10.3 Å². The molecule has 0 saturated heterocycles. The Morgan fingerprint density at radius 2 is 2.00 bits per heavy atom. The van der Waals surface area contributed by atoms with Gasteiger partial charge in [-0.05, 0) is 36.2 Å². The molecule has 0 aliphatic heterocycles. The van der Waals surface area contributed by atoms with Gasteiger partial charge in [0.05, 0.1) is 6.20 Å². The number of hydroxylamine groups is 1. The monoisotopic (exact) mass is 326 g/mol.